The molecule has 0 heterocycles. The van der Waals surface area contributed by atoms with Gasteiger partial charge in [0.25, 0.3) is 0 Å². The van der Waals surface area contributed by atoms with Gasteiger partial charge in [-0.2, -0.15) is 5.26 Å². The Labute approximate surface area is 135 Å². The third-order valence-corrected chi connectivity index (χ3v) is 4.40. The second kappa shape index (κ2) is 7.19. The molecule has 0 radical (unpaired) electrons. The molecule has 2 rings (SSSR count). The number of carbonyl (C=O) groups excluding carboxylic acids is 2. The predicted molar refractivity (Wildman–Crippen MR) is 85.1 cm³/mol. The van der Waals surface area contributed by atoms with Crippen LogP contribution in [0.4, 0.5) is 0 Å². The highest BCUT2D eigenvalue weighted by atomic mass is 16.5. The third-order valence-electron chi connectivity index (χ3n) is 4.40. The van der Waals surface area contributed by atoms with Crippen molar-refractivity contribution in [3.05, 3.63) is 35.9 Å². The second-order valence-electron chi connectivity index (χ2n) is 5.94. The van der Waals surface area contributed by atoms with E-state index in [4.69, 9.17) is 15.4 Å². The molecule has 120 valence electrons. The maximum atomic E-state index is 12.6. The molecule has 0 amide bonds. The first-order valence-corrected chi connectivity index (χ1v) is 7.71. The average molecular weight is 312 g/mol. The van der Waals surface area contributed by atoms with Crippen LogP contribution in [0.3, 0.4) is 0 Å². The Morgan fingerprint density at radius 3 is 2.43 bits per heavy atom. The fourth-order valence-corrected chi connectivity index (χ4v) is 3.11. The van der Waals surface area contributed by atoms with Crippen molar-refractivity contribution >= 4 is 17.5 Å². The van der Waals surface area contributed by atoms with Crippen LogP contribution in [0.5, 0.6) is 0 Å². The first kappa shape index (κ1) is 16.9. The van der Waals surface area contributed by atoms with Crippen LogP contribution in [0.25, 0.3) is 0 Å². The summed E-state index contributed by atoms with van der Waals surface area (Å²) < 4.78 is 5.24. The molecule has 0 aliphatic heterocycles. The van der Waals surface area contributed by atoms with E-state index in [0.717, 1.165) is 18.4 Å². The molecule has 1 fully saturated rings. The Bertz CT molecular complexity index is 640. The van der Waals surface area contributed by atoms with Crippen molar-refractivity contribution in [2.45, 2.75) is 38.0 Å². The second-order valence-corrected chi connectivity index (χ2v) is 5.94. The summed E-state index contributed by atoms with van der Waals surface area (Å²) in [5, 5.41) is 16.3. The normalized spacial score (nSPS) is 17.0. The molecule has 5 heteroatoms. The molecule has 0 saturated heterocycles. The van der Waals surface area contributed by atoms with E-state index >= 15 is 0 Å². The smallest absolute Gasteiger partial charge is 0.316 e. The fourth-order valence-electron chi connectivity index (χ4n) is 3.11. The zero-order valence-corrected chi connectivity index (χ0v) is 13.2. The molecule has 1 N–H and O–H groups in total. The lowest BCUT2D eigenvalue weighted by Gasteiger charge is -2.27. The van der Waals surface area contributed by atoms with Crippen molar-refractivity contribution in [3.63, 3.8) is 0 Å². The molecule has 1 aromatic rings. The Kier molecular flexibility index (Phi) is 5.28. The van der Waals surface area contributed by atoms with Gasteiger partial charge in [-0.25, -0.2) is 0 Å². The van der Waals surface area contributed by atoms with Gasteiger partial charge in [0.15, 0.2) is 12.4 Å². The number of hydrogen-bond acceptors (Lipinski definition) is 5. The number of ether oxygens (including phenoxy) is 1. The largest absolute Gasteiger partial charge is 0.457 e. The van der Waals surface area contributed by atoms with Crippen molar-refractivity contribution in [1.82, 2.24) is 0 Å². The van der Waals surface area contributed by atoms with Gasteiger partial charge < -0.3 is 10.1 Å². The van der Waals surface area contributed by atoms with E-state index in [2.05, 4.69) is 0 Å². The van der Waals surface area contributed by atoms with Crippen molar-refractivity contribution in [2.75, 3.05) is 6.61 Å². The molecule has 1 saturated carbocycles. The van der Waals surface area contributed by atoms with E-state index in [-0.39, 0.29) is 5.71 Å². The van der Waals surface area contributed by atoms with Gasteiger partial charge in [-0.3, -0.25) is 9.59 Å². The van der Waals surface area contributed by atoms with Gasteiger partial charge in [0.1, 0.15) is 5.92 Å². The molecule has 5 nitrogen and oxygen atoms in total. The first-order chi connectivity index (χ1) is 11.0. The molecule has 0 spiro atoms. The van der Waals surface area contributed by atoms with Crippen molar-refractivity contribution in [3.8, 4) is 6.07 Å². The number of nitrogens with one attached hydrogen (secondary N) is 1. The molecule has 0 bridgehead atoms. The van der Waals surface area contributed by atoms with E-state index in [1.807, 2.05) is 30.3 Å². The number of hydrogen-bond donors (Lipinski definition) is 1. The minimum Gasteiger partial charge on any atom is -0.457 e. The first-order valence-electron chi connectivity index (χ1n) is 7.71. The molecular weight excluding hydrogens is 292 g/mol. The summed E-state index contributed by atoms with van der Waals surface area (Å²) in [7, 11) is 0. The van der Waals surface area contributed by atoms with Crippen molar-refractivity contribution < 1.29 is 14.3 Å². The summed E-state index contributed by atoms with van der Waals surface area (Å²) in [6, 6.07) is 11.3. The molecule has 1 atom stereocenters. The number of rotatable bonds is 6. The number of Topliss-reactive ketones (excluding diaryl/α,β-unsaturated/α-hetero) is 1. The number of benzene rings is 1. The summed E-state index contributed by atoms with van der Waals surface area (Å²) >= 11 is 0. The number of nitriles is 1. The standard InChI is InChI=1S/C18H20N2O3/c1-13(20)15(11-19)16(21)12-23-17(22)18(9-5-6-10-18)14-7-3-2-4-8-14/h2-4,7-8,15,20H,5-6,9-10,12H2,1H3. The molecule has 23 heavy (non-hydrogen) atoms. The number of carbonyl (C=O) groups is 2. The van der Waals surface area contributed by atoms with Gasteiger partial charge >= 0.3 is 5.97 Å². The highest BCUT2D eigenvalue weighted by Crippen LogP contribution is 2.42. The van der Waals surface area contributed by atoms with Gasteiger partial charge in [0.2, 0.25) is 0 Å². The van der Waals surface area contributed by atoms with Crippen LogP contribution in [-0.4, -0.2) is 24.1 Å². The van der Waals surface area contributed by atoms with Gasteiger partial charge in [-0.15, -0.1) is 0 Å². The highest BCUT2D eigenvalue weighted by Gasteiger charge is 2.44. The van der Waals surface area contributed by atoms with E-state index in [0.29, 0.717) is 12.8 Å². The van der Waals surface area contributed by atoms with Crippen LogP contribution in [0.15, 0.2) is 30.3 Å². The van der Waals surface area contributed by atoms with Crippen LogP contribution in [0, 0.1) is 22.7 Å². The van der Waals surface area contributed by atoms with Crippen molar-refractivity contribution in [2.24, 2.45) is 5.92 Å². The topological polar surface area (TPSA) is 91.0 Å². The summed E-state index contributed by atoms with van der Waals surface area (Å²) in [5.41, 5.74) is 0.186. The zero-order valence-electron chi connectivity index (χ0n) is 13.2. The maximum Gasteiger partial charge on any atom is 0.316 e. The Morgan fingerprint density at radius 1 is 1.30 bits per heavy atom. The van der Waals surface area contributed by atoms with Gasteiger partial charge in [0, 0.05) is 5.71 Å². The molecule has 1 unspecified atom stereocenters. The average Bonchev–Trinajstić information content (AvgIpc) is 3.04. The molecular formula is C18H20N2O3. The Morgan fingerprint density at radius 2 is 1.91 bits per heavy atom. The minimum absolute atomic E-state index is 0.0350. The minimum atomic E-state index is -1.14. The maximum absolute atomic E-state index is 12.6. The van der Waals surface area contributed by atoms with Crippen LogP contribution in [-0.2, 0) is 19.7 Å². The Hall–Kier alpha value is -2.48. The molecule has 1 aliphatic carbocycles. The number of nitrogens with zero attached hydrogens (tertiary/aromatic N) is 1. The summed E-state index contributed by atoms with van der Waals surface area (Å²) in [6.07, 6.45) is 3.29. The van der Waals surface area contributed by atoms with E-state index in [1.165, 1.54) is 6.92 Å². The lowest BCUT2D eigenvalue weighted by molar-refractivity contribution is -0.154. The van der Waals surface area contributed by atoms with Crippen LogP contribution >= 0.6 is 0 Å². The quantitative estimate of drug-likeness (QED) is 0.646. The van der Waals surface area contributed by atoms with Gasteiger partial charge in [0.05, 0.1) is 11.5 Å². The molecule has 0 aromatic heterocycles. The third kappa shape index (κ3) is 3.48. The van der Waals surface area contributed by atoms with E-state index in [1.54, 1.807) is 6.07 Å². The highest BCUT2D eigenvalue weighted by molar-refractivity contribution is 6.06. The Balaban J connectivity index is 2.11. The predicted octanol–water partition coefficient (Wildman–Crippen LogP) is 2.79. The van der Waals surface area contributed by atoms with Crippen LogP contribution < -0.4 is 0 Å². The number of ketones is 1. The fraction of sp³-hybridized carbons (Fsp3) is 0.444. The zero-order chi connectivity index (χ0) is 16.9. The van der Waals surface area contributed by atoms with Gasteiger partial charge in [-0.05, 0) is 25.3 Å². The summed E-state index contributed by atoms with van der Waals surface area (Å²) in [4.78, 5) is 24.6. The van der Waals surface area contributed by atoms with E-state index < -0.39 is 29.7 Å². The van der Waals surface area contributed by atoms with E-state index in [9.17, 15) is 9.59 Å². The summed E-state index contributed by atoms with van der Waals surface area (Å²) in [5.74, 6) is -2.09. The molecule has 1 aromatic carbocycles. The molecule has 1 aliphatic rings. The van der Waals surface area contributed by atoms with Crippen molar-refractivity contribution in [1.29, 1.82) is 10.7 Å². The van der Waals surface area contributed by atoms with Crippen LogP contribution in [0.1, 0.15) is 38.2 Å². The number of esters is 1. The van der Waals surface area contributed by atoms with Gasteiger partial charge in [-0.1, -0.05) is 43.2 Å². The summed E-state index contributed by atoms with van der Waals surface area (Å²) in [6.45, 7) is 0.942. The monoisotopic (exact) mass is 312 g/mol. The SMILES string of the molecule is CC(=N)C(C#N)C(=O)COC(=O)C1(c2ccccc2)CCCC1. The van der Waals surface area contributed by atoms with Crippen LogP contribution in [0.2, 0.25) is 0 Å². The lowest BCUT2D eigenvalue weighted by atomic mass is 9.79. The lowest BCUT2D eigenvalue weighted by Crippen LogP contribution is -2.37.